The lowest BCUT2D eigenvalue weighted by Crippen LogP contribution is -2.61. The number of aliphatic hydroxyl groups excluding tert-OH is 1. The molecule has 0 amide bonds. The maximum atomic E-state index is 13.6. The maximum Gasteiger partial charge on any atom is 0.335 e. The Morgan fingerprint density at radius 1 is 1.24 bits per heavy atom. The van der Waals surface area contributed by atoms with Crippen molar-refractivity contribution < 1.29 is 29.7 Å². The molecule has 4 aliphatic rings. The van der Waals surface area contributed by atoms with E-state index in [1.807, 2.05) is 13.0 Å². The van der Waals surface area contributed by atoms with Crippen LogP contribution in [0.25, 0.3) is 11.0 Å². The van der Waals surface area contributed by atoms with Crippen LogP contribution in [0.3, 0.4) is 0 Å². The number of carbonyl (C=O) groups excluding carboxylic acids is 2. The summed E-state index contributed by atoms with van der Waals surface area (Å²) < 4.78 is 0. The van der Waals surface area contributed by atoms with E-state index in [1.54, 1.807) is 18.2 Å². The van der Waals surface area contributed by atoms with E-state index in [0.717, 1.165) is 24.8 Å². The zero-order valence-electron chi connectivity index (χ0n) is 21.4. The molecule has 5 unspecified atom stereocenters. The third-order valence-electron chi connectivity index (χ3n) is 10.2. The second-order valence-corrected chi connectivity index (χ2v) is 12.9. The number of thioether (sulfide) groups is 1. The van der Waals surface area contributed by atoms with Gasteiger partial charge in [-0.25, -0.2) is 9.78 Å². The number of hydrogen-bond acceptors (Lipinski definition) is 7. The lowest BCUT2D eigenvalue weighted by atomic mass is 9.46. The van der Waals surface area contributed by atoms with Crippen molar-refractivity contribution in [3.05, 3.63) is 47.6 Å². The van der Waals surface area contributed by atoms with E-state index >= 15 is 0 Å². The van der Waals surface area contributed by atoms with Gasteiger partial charge in [-0.05, 0) is 74.3 Å². The number of ketones is 2. The molecule has 0 saturated heterocycles. The van der Waals surface area contributed by atoms with Gasteiger partial charge >= 0.3 is 5.97 Å². The number of carbonyl (C=O) groups is 3. The molecule has 0 aliphatic heterocycles. The van der Waals surface area contributed by atoms with Crippen molar-refractivity contribution in [1.29, 1.82) is 0 Å². The first kappa shape index (κ1) is 25.5. The summed E-state index contributed by atoms with van der Waals surface area (Å²) in [7, 11) is 0. The zero-order chi connectivity index (χ0) is 27.0. The Bertz CT molecular complexity index is 1430. The molecule has 4 aliphatic carbocycles. The summed E-state index contributed by atoms with van der Waals surface area (Å²) in [6, 6.07) is 4.62. The van der Waals surface area contributed by atoms with Crippen LogP contribution in [0.4, 0.5) is 0 Å². The molecular weight excluding hydrogens is 504 g/mol. The number of benzene rings is 1. The quantitative estimate of drug-likeness (QED) is 0.421. The molecule has 7 atom stereocenters. The Morgan fingerprint density at radius 3 is 2.79 bits per heavy atom. The van der Waals surface area contributed by atoms with Crippen molar-refractivity contribution in [2.24, 2.45) is 28.6 Å². The van der Waals surface area contributed by atoms with Crippen molar-refractivity contribution >= 4 is 40.3 Å². The van der Waals surface area contributed by atoms with Crippen LogP contribution in [0.1, 0.15) is 56.3 Å². The summed E-state index contributed by atoms with van der Waals surface area (Å²) in [6.07, 6.45) is 7.63. The van der Waals surface area contributed by atoms with Crippen LogP contribution < -0.4 is 0 Å². The molecule has 38 heavy (non-hydrogen) atoms. The Labute approximate surface area is 224 Å². The van der Waals surface area contributed by atoms with Gasteiger partial charge in [0.15, 0.2) is 16.7 Å². The maximum absolute atomic E-state index is 13.6. The Hall–Kier alpha value is -2.75. The number of nitrogens with one attached hydrogen (secondary N) is 1. The van der Waals surface area contributed by atoms with E-state index in [0.29, 0.717) is 29.0 Å². The second-order valence-electron chi connectivity index (χ2n) is 11.9. The fourth-order valence-corrected chi connectivity index (χ4v) is 9.08. The Kier molecular flexibility index (Phi) is 5.79. The molecule has 6 rings (SSSR count). The number of rotatable bonds is 5. The van der Waals surface area contributed by atoms with Gasteiger partial charge in [0.2, 0.25) is 0 Å². The standard InChI is InChI=1S/C29H32N2O6S/c1-27-9-7-17(32)12-16(27)4-5-18-19-8-10-29(37,28(19,2)13-22(33)24(18)27)23(34)14-38-26-30-20-6-3-15(25(35)36)11-21(20)31-26/h3,6-7,9,11-12,18-19,22,24,33,37H,4-5,8,10,13-14H2,1-2H3,(H,30,31)(H,35,36)/t18?,19?,22-,24?,27?,28?,29-/m0/s1. The number of fused-ring (bicyclic) bond motifs is 6. The number of H-pyrrole nitrogens is 1. The van der Waals surface area contributed by atoms with E-state index in [2.05, 4.69) is 16.9 Å². The summed E-state index contributed by atoms with van der Waals surface area (Å²) >= 11 is 1.20. The number of Topliss-reactive ketones (excluding diaryl/α,β-unsaturated/α-hetero) is 1. The average Bonchev–Trinajstić information content (AvgIpc) is 3.40. The number of nitrogens with zero attached hydrogens (tertiary/aromatic N) is 1. The molecule has 0 spiro atoms. The van der Waals surface area contributed by atoms with Gasteiger partial charge in [-0.15, -0.1) is 0 Å². The van der Waals surface area contributed by atoms with Crippen LogP contribution in [0.2, 0.25) is 0 Å². The van der Waals surface area contributed by atoms with E-state index in [4.69, 9.17) is 0 Å². The van der Waals surface area contributed by atoms with Crippen molar-refractivity contribution in [3.8, 4) is 0 Å². The highest BCUT2D eigenvalue weighted by molar-refractivity contribution is 7.99. The van der Waals surface area contributed by atoms with Crippen molar-refractivity contribution in [3.63, 3.8) is 0 Å². The van der Waals surface area contributed by atoms with Gasteiger partial charge in [0.05, 0.1) is 28.5 Å². The van der Waals surface area contributed by atoms with Gasteiger partial charge in [0.1, 0.15) is 5.60 Å². The second kappa shape index (κ2) is 8.63. The van der Waals surface area contributed by atoms with Crippen molar-refractivity contribution in [2.75, 3.05) is 5.75 Å². The number of carboxylic acids is 1. The number of aliphatic hydroxyl groups is 2. The van der Waals surface area contributed by atoms with Gasteiger partial charge in [-0.3, -0.25) is 9.59 Å². The fraction of sp³-hybridized carbons (Fsp3) is 0.517. The van der Waals surface area contributed by atoms with Crippen LogP contribution in [-0.4, -0.2) is 60.3 Å². The topological polar surface area (TPSA) is 141 Å². The first-order valence-electron chi connectivity index (χ1n) is 13.2. The molecule has 4 N–H and O–H groups in total. The van der Waals surface area contributed by atoms with Gasteiger partial charge in [0, 0.05) is 16.7 Å². The normalized spacial score (nSPS) is 37.9. The number of aromatic amines is 1. The molecule has 0 radical (unpaired) electrons. The third kappa shape index (κ3) is 3.58. The molecular formula is C29H32N2O6S. The molecule has 3 saturated carbocycles. The number of aromatic nitrogens is 2. The van der Waals surface area contributed by atoms with Crippen molar-refractivity contribution in [2.45, 2.75) is 62.8 Å². The largest absolute Gasteiger partial charge is 0.478 e. The third-order valence-corrected chi connectivity index (χ3v) is 11.0. The molecule has 0 bridgehead atoms. The summed E-state index contributed by atoms with van der Waals surface area (Å²) in [4.78, 5) is 44.4. The number of allylic oxidation sites excluding steroid dienone is 4. The minimum absolute atomic E-state index is 0.00354. The smallest absolute Gasteiger partial charge is 0.335 e. The number of imidazole rings is 1. The van der Waals surface area contributed by atoms with Crippen LogP contribution in [0.5, 0.6) is 0 Å². The van der Waals surface area contributed by atoms with Crippen LogP contribution in [-0.2, 0) is 9.59 Å². The first-order chi connectivity index (χ1) is 18.0. The summed E-state index contributed by atoms with van der Waals surface area (Å²) in [6.45, 7) is 4.08. The predicted molar refractivity (Wildman–Crippen MR) is 142 cm³/mol. The van der Waals surface area contributed by atoms with E-state index in [-0.39, 0.29) is 46.1 Å². The van der Waals surface area contributed by atoms with Crippen LogP contribution in [0, 0.1) is 28.6 Å². The highest BCUT2D eigenvalue weighted by atomic mass is 32.2. The monoisotopic (exact) mass is 536 g/mol. The van der Waals surface area contributed by atoms with E-state index in [1.165, 1.54) is 23.9 Å². The predicted octanol–water partition coefficient (Wildman–Crippen LogP) is 3.93. The molecule has 1 aromatic heterocycles. The van der Waals surface area contributed by atoms with Gasteiger partial charge in [-0.2, -0.15) is 0 Å². The molecule has 200 valence electrons. The van der Waals surface area contributed by atoms with E-state index in [9.17, 15) is 29.7 Å². The molecule has 3 fully saturated rings. The summed E-state index contributed by atoms with van der Waals surface area (Å²) in [5.41, 5.74) is -0.274. The SMILES string of the molecule is CC12C=CC(=O)C=C1CCC1C2[C@@H](O)CC2(C)C1CC[C@]2(O)C(=O)CSc1nc2ccc(C(=O)O)cc2[nH]1. The molecule has 2 aromatic rings. The lowest BCUT2D eigenvalue weighted by Gasteiger charge is -2.59. The summed E-state index contributed by atoms with van der Waals surface area (Å²) in [5, 5.41) is 33.2. The highest BCUT2D eigenvalue weighted by Gasteiger charge is 2.68. The number of aromatic carboxylic acids is 1. The molecule has 9 heteroatoms. The minimum Gasteiger partial charge on any atom is -0.478 e. The Balaban J connectivity index is 1.22. The fourth-order valence-electron chi connectivity index (χ4n) is 8.23. The number of hydrogen-bond donors (Lipinski definition) is 4. The zero-order valence-corrected chi connectivity index (χ0v) is 22.3. The molecule has 1 aromatic carbocycles. The number of carboxylic acid groups (broad SMARTS) is 1. The minimum atomic E-state index is -1.55. The van der Waals surface area contributed by atoms with Crippen molar-refractivity contribution in [1.82, 2.24) is 9.97 Å². The van der Waals surface area contributed by atoms with Crippen LogP contribution in [0.15, 0.2) is 47.2 Å². The highest BCUT2D eigenvalue weighted by Crippen LogP contribution is 2.67. The van der Waals surface area contributed by atoms with Gasteiger partial charge in [-0.1, -0.05) is 37.3 Å². The summed E-state index contributed by atoms with van der Waals surface area (Å²) in [5.74, 6) is -1.09. The van der Waals surface area contributed by atoms with E-state index < -0.39 is 23.1 Å². The van der Waals surface area contributed by atoms with Gasteiger partial charge < -0.3 is 20.3 Å². The van der Waals surface area contributed by atoms with Gasteiger partial charge in [0.25, 0.3) is 0 Å². The Morgan fingerprint density at radius 2 is 2.03 bits per heavy atom. The lowest BCUT2D eigenvalue weighted by molar-refractivity contribution is -0.174. The first-order valence-corrected chi connectivity index (χ1v) is 14.2. The molecule has 1 heterocycles. The molecule has 8 nitrogen and oxygen atoms in total. The van der Waals surface area contributed by atoms with Crippen LogP contribution >= 0.6 is 11.8 Å². The average molecular weight is 537 g/mol.